The summed E-state index contributed by atoms with van der Waals surface area (Å²) in [7, 11) is 3.29. The predicted octanol–water partition coefficient (Wildman–Crippen LogP) is 2.68. The van der Waals surface area contributed by atoms with Gasteiger partial charge in [-0.05, 0) is 42.8 Å². The van der Waals surface area contributed by atoms with E-state index in [1.807, 2.05) is 36.4 Å². The van der Waals surface area contributed by atoms with E-state index in [9.17, 15) is 0 Å². The first kappa shape index (κ1) is 16.5. The molecular weight excluding hydrogens is 306 g/mol. The van der Waals surface area contributed by atoms with Gasteiger partial charge in [0.2, 0.25) is 0 Å². The minimum Gasteiger partial charge on any atom is -0.493 e. The Labute approximate surface area is 142 Å². The van der Waals surface area contributed by atoms with Crippen LogP contribution in [0.15, 0.2) is 42.5 Å². The molecule has 0 radical (unpaired) electrons. The second-order valence-electron chi connectivity index (χ2n) is 5.64. The van der Waals surface area contributed by atoms with Crippen molar-refractivity contribution in [1.82, 2.24) is 5.32 Å². The van der Waals surface area contributed by atoms with Crippen molar-refractivity contribution < 1.29 is 18.9 Å². The van der Waals surface area contributed by atoms with E-state index in [1.165, 1.54) is 5.56 Å². The summed E-state index contributed by atoms with van der Waals surface area (Å²) in [6.45, 7) is 2.18. The zero-order chi connectivity index (χ0) is 16.8. The van der Waals surface area contributed by atoms with Crippen LogP contribution in [-0.2, 0) is 6.42 Å². The molecule has 0 aromatic heterocycles. The van der Waals surface area contributed by atoms with Crippen molar-refractivity contribution in [3.63, 3.8) is 0 Å². The summed E-state index contributed by atoms with van der Waals surface area (Å²) >= 11 is 0. The zero-order valence-corrected chi connectivity index (χ0v) is 14.1. The number of hydrogen-bond donors (Lipinski definition) is 1. The van der Waals surface area contributed by atoms with Crippen LogP contribution in [-0.4, -0.2) is 40.0 Å². The molecule has 1 N–H and O–H groups in total. The molecule has 0 saturated heterocycles. The van der Waals surface area contributed by atoms with Crippen molar-refractivity contribution in [1.29, 1.82) is 0 Å². The van der Waals surface area contributed by atoms with Crippen LogP contribution in [0.25, 0.3) is 0 Å². The molecule has 1 aliphatic heterocycles. The van der Waals surface area contributed by atoms with Gasteiger partial charge in [0.1, 0.15) is 12.7 Å². The lowest BCUT2D eigenvalue weighted by Gasteiger charge is -2.26. The van der Waals surface area contributed by atoms with E-state index in [2.05, 4.69) is 11.4 Å². The Hall–Kier alpha value is -2.40. The van der Waals surface area contributed by atoms with Crippen LogP contribution in [0.1, 0.15) is 5.56 Å². The van der Waals surface area contributed by atoms with Gasteiger partial charge in [-0.25, -0.2) is 0 Å². The van der Waals surface area contributed by atoms with E-state index in [0.717, 1.165) is 42.5 Å². The highest BCUT2D eigenvalue weighted by Crippen LogP contribution is 2.30. The number of nitrogens with one attached hydrogen (secondary N) is 1. The Balaban J connectivity index is 1.45. The molecule has 24 heavy (non-hydrogen) atoms. The lowest BCUT2D eigenvalue weighted by Crippen LogP contribution is -2.39. The topological polar surface area (TPSA) is 49.0 Å². The Morgan fingerprint density at radius 1 is 1.04 bits per heavy atom. The summed E-state index contributed by atoms with van der Waals surface area (Å²) in [5.41, 5.74) is 1.20. The molecule has 2 aromatic rings. The van der Waals surface area contributed by atoms with Crippen molar-refractivity contribution in [3.8, 4) is 23.0 Å². The molecular formula is C19H23NO4. The van der Waals surface area contributed by atoms with Gasteiger partial charge in [-0.15, -0.1) is 0 Å². The van der Waals surface area contributed by atoms with Crippen LogP contribution in [0, 0.1) is 0 Å². The molecule has 0 bridgehead atoms. The molecule has 1 unspecified atom stereocenters. The van der Waals surface area contributed by atoms with Gasteiger partial charge in [0.25, 0.3) is 0 Å². The van der Waals surface area contributed by atoms with E-state index in [4.69, 9.17) is 18.9 Å². The summed E-state index contributed by atoms with van der Waals surface area (Å²) in [6.07, 6.45) is 0.940. The van der Waals surface area contributed by atoms with Crippen molar-refractivity contribution in [2.75, 3.05) is 33.9 Å². The second kappa shape index (κ2) is 7.93. The van der Waals surface area contributed by atoms with Crippen molar-refractivity contribution in [3.05, 3.63) is 48.0 Å². The Morgan fingerprint density at radius 2 is 1.83 bits per heavy atom. The number of benzene rings is 2. The number of methoxy groups -OCH3 is 2. The average molecular weight is 329 g/mol. The first-order chi connectivity index (χ1) is 11.8. The van der Waals surface area contributed by atoms with Crippen LogP contribution in [0.2, 0.25) is 0 Å². The van der Waals surface area contributed by atoms with E-state index in [-0.39, 0.29) is 6.10 Å². The van der Waals surface area contributed by atoms with Gasteiger partial charge in [0, 0.05) is 6.54 Å². The van der Waals surface area contributed by atoms with Gasteiger partial charge in [-0.2, -0.15) is 0 Å². The SMILES string of the molecule is COc1ccc(CCNCC2COc3ccccc3O2)cc1OC. The third kappa shape index (κ3) is 3.92. The molecule has 1 aliphatic rings. The fourth-order valence-corrected chi connectivity index (χ4v) is 2.70. The number of para-hydroxylation sites is 2. The van der Waals surface area contributed by atoms with Crippen LogP contribution in [0.5, 0.6) is 23.0 Å². The molecule has 0 amide bonds. The first-order valence-electron chi connectivity index (χ1n) is 8.10. The van der Waals surface area contributed by atoms with E-state index in [0.29, 0.717) is 6.61 Å². The minimum atomic E-state index is 0.0327. The summed E-state index contributed by atoms with van der Waals surface area (Å²) in [6, 6.07) is 13.8. The maximum atomic E-state index is 5.93. The molecule has 1 heterocycles. The van der Waals surface area contributed by atoms with Crippen molar-refractivity contribution in [2.24, 2.45) is 0 Å². The second-order valence-corrected chi connectivity index (χ2v) is 5.64. The Kier molecular flexibility index (Phi) is 5.43. The summed E-state index contributed by atoms with van der Waals surface area (Å²) in [4.78, 5) is 0. The van der Waals surface area contributed by atoms with Crippen LogP contribution >= 0.6 is 0 Å². The molecule has 0 aliphatic carbocycles. The monoisotopic (exact) mass is 329 g/mol. The average Bonchev–Trinajstić information content (AvgIpc) is 2.65. The summed E-state index contributed by atoms with van der Waals surface area (Å²) < 4.78 is 22.2. The minimum absolute atomic E-state index is 0.0327. The summed E-state index contributed by atoms with van der Waals surface area (Å²) in [5, 5.41) is 3.42. The van der Waals surface area contributed by atoms with E-state index < -0.39 is 0 Å². The normalized spacial score (nSPS) is 15.8. The molecule has 3 rings (SSSR count). The molecule has 0 saturated carbocycles. The molecule has 5 heteroatoms. The molecule has 0 spiro atoms. The smallest absolute Gasteiger partial charge is 0.161 e. The third-order valence-electron chi connectivity index (χ3n) is 3.98. The highest BCUT2D eigenvalue weighted by Gasteiger charge is 2.19. The Morgan fingerprint density at radius 3 is 2.62 bits per heavy atom. The van der Waals surface area contributed by atoms with Gasteiger partial charge >= 0.3 is 0 Å². The maximum Gasteiger partial charge on any atom is 0.161 e. The van der Waals surface area contributed by atoms with E-state index in [1.54, 1.807) is 14.2 Å². The number of hydrogen-bond acceptors (Lipinski definition) is 5. The first-order valence-corrected chi connectivity index (χ1v) is 8.10. The van der Waals surface area contributed by atoms with Gasteiger partial charge in [0.05, 0.1) is 14.2 Å². The highest BCUT2D eigenvalue weighted by atomic mass is 16.6. The number of fused-ring (bicyclic) bond motifs is 1. The third-order valence-corrected chi connectivity index (χ3v) is 3.98. The predicted molar refractivity (Wildman–Crippen MR) is 92.5 cm³/mol. The van der Waals surface area contributed by atoms with Gasteiger partial charge in [-0.3, -0.25) is 0 Å². The molecule has 128 valence electrons. The number of rotatable bonds is 7. The lowest BCUT2D eigenvalue weighted by atomic mass is 10.1. The molecule has 0 fully saturated rings. The quantitative estimate of drug-likeness (QED) is 0.792. The highest BCUT2D eigenvalue weighted by molar-refractivity contribution is 5.43. The Bertz CT molecular complexity index is 674. The number of ether oxygens (including phenoxy) is 4. The van der Waals surface area contributed by atoms with Crippen LogP contribution in [0.4, 0.5) is 0 Å². The van der Waals surface area contributed by atoms with E-state index >= 15 is 0 Å². The van der Waals surface area contributed by atoms with Gasteiger partial charge in [-0.1, -0.05) is 18.2 Å². The molecule has 1 atom stereocenters. The van der Waals surface area contributed by atoms with Gasteiger partial charge < -0.3 is 24.3 Å². The lowest BCUT2D eigenvalue weighted by molar-refractivity contribution is 0.0906. The fraction of sp³-hybridized carbons (Fsp3) is 0.368. The van der Waals surface area contributed by atoms with Crippen molar-refractivity contribution in [2.45, 2.75) is 12.5 Å². The van der Waals surface area contributed by atoms with Gasteiger partial charge in [0.15, 0.2) is 23.0 Å². The standard InChI is InChI=1S/C19H23NO4/c1-21-16-8-7-14(11-19(16)22-2)9-10-20-12-15-13-23-17-5-3-4-6-18(17)24-15/h3-8,11,15,20H,9-10,12-13H2,1-2H3. The zero-order valence-electron chi connectivity index (χ0n) is 14.1. The fourth-order valence-electron chi connectivity index (χ4n) is 2.70. The molecule has 2 aromatic carbocycles. The van der Waals surface area contributed by atoms with Crippen molar-refractivity contribution >= 4 is 0 Å². The summed E-state index contributed by atoms with van der Waals surface area (Å²) in [5.74, 6) is 3.14. The largest absolute Gasteiger partial charge is 0.493 e. The van der Waals surface area contributed by atoms with Crippen LogP contribution in [0.3, 0.4) is 0 Å². The maximum absolute atomic E-state index is 5.93. The molecule has 5 nitrogen and oxygen atoms in total. The van der Waals surface area contributed by atoms with Crippen LogP contribution < -0.4 is 24.3 Å².